The van der Waals surface area contributed by atoms with Gasteiger partial charge in [-0.05, 0) is 19.1 Å². The molecule has 0 aliphatic carbocycles. The van der Waals surface area contributed by atoms with Crippen LogP contribution in [0.4, 0.5) is 22.0 Å². The Labute approximate surface area is 145 Å². The standard InChI is InChI=1S/C15H11F5NO4P/c1-6(15(22)23)21-26-25-8-5-3-2-4-7(8)24-14-12(19)10(17)9(16)11(18)13(14)20/h2-6,21,26H,1H3,(H,22,23)/t6-/m0/s1. The predicted octanol–water partition coefficient (Wildman–Crippen LogP) is 4.12. The van der Waals surface area contributed by atoms with Crippen molar-refractivity contribution in [1.29, 1.82) is 0 Å². The highest BCUT2D eigenvalue weighted by atomic mass is 31.1. The number of ether oxygens (including phenoxy) is 1. The number of nitrogens with one attached hydrogen (secondary N) is 1. The molecule has 0 radical (unpaired) electrons. The van der Waals surface area contributed by atoms with Gasteiger partial charge in [-0.1, -0.05) is 12.1 Å². The summed E-state index contributed by atoms with van der Waals surface area (Å²) < 4.78 is 77.0. The molecule has 0 spiro atoms. The fourth-order valence-corrected chi connectivity index (χ4v) is 2.28. The molecule has 26 heavy (non-hydrogen) atoms. The lowest BCUT2D eigenvalue weighted by Crippen LogP contribution is -2.28. The third-order valence-electron chi connectivity index (χ3n) is 3.04. The van der Waals surface area contributed by atoms with E-state index < -0.39 is 55.8 Å². The van der Waals surface area contributed by atoms with Crippen molar-refractivity contribution in [3.8, 4) is 17.2 Å². The Bertz CT molecular complexity index is 807. The maximum absolute atomic E-state index is 13.7. The summed E-state index contributed by atoms with van der Waals surface area (Å²) in [5.74, 6) is -13.9. The van der Waals surface area contributed by atoms with E-state index in [1.807, 2.05) is 0 Å². The molecule has 5 nitrogen and oxygen atoms in total. The van der Waals surface area contributed by atoms with E-state index in [0.29, 0.717) is 0 Å². The fourth-order valence-electron chi connectivity index (χ4n) is 1.64. The highest BCUT2D eigenvalue weighted by molar-refractivity contribution is 7.30. The van der Waals surface area contributed by atoms with Crippen LogP contribution in [0.25, 0.3) is 0 Å². The van der Waals surface area contributed by atoms with Crippen molar-refractivity contribution in [2.75, 3.05) is 0 Å². The van der Waals surface area contributed by atoms with Gasteiger partial charge in [0.25, 0.3) is 0 Å². The monoisotopic (exact) mass is 395 g/mol. The largest absolute Gasteiger partial charge is 0.480 e. The van der Waals surface area contributed by atoms with Crippen LogP contribution < -0.4 is 14.3 Å². The molecule has 2 atom stereocenters. The lowest BCUT2D eigenvalue weighted by atomic mass is 10.2. The molecule has 0 heterocycles. The molecule has 2 aromatic carbocycles. The van der Waals surface area contributed by atoms with Gasteiger partial charge in [0, 0.05) is 0 Å². The van der Waals surface area contributed by atoms with Gasteiger partial charge in [0.15, 0.2) is 11.5 Å². The number of aliphatic carboxylic acids is 1. The average molecular weight is 395 g/mol. The van der Waals surface area contributed by atoms with Gasteiger partial charge in [-0.15, -0.1) is 0 Å². The highest BCUT2D eigenvalue weighted by Crippen LogP contribution is 2.38. The minimum Gasteiger partial charge on any atom is -0.480 e. The number of hydrogen-bond donors (Lipinski definition) is 2. The van der Waals surface area contributed by atoms with Gasteiger partial charge in [-0.25, -0.2) is 13.2 Å². The summed E-state index contributed by atoms with van der Waals surface area (Å²) in [6.45, 7) is 1.36. The predicted molar refractivity (Wildman–Crippen MR) is 81.9 cm³/mol. The van der Waals surface area contributed by atoms with Gasteiger partial charge in [-0.3, -0.25) is 9.88 Å². The highest BCUT2D eigenvalue weighted by Gasteiger charge is 2.28. The molecule has 0 bridgehead atoms. The van der Waals surface area contributed by atoms with Gasteiger partial charge in [0.1, 0.15) is 15.0 Å². The van der Waals surface area contributed by atoms with Gasteiger partial charge < -0.3 is 14.4 Å². The zero-order valence-corrected chi connectivity index (χ0v) is 13.9. The molecular weight excluding hydrogens is 384 g/mol. The summed E-state index contributed by atoms with van der Waals surface area (Å²) in [5.41, 5.74) is 0. The molecular formula is C15H11F5NO4P. The lowest BCUT2D eigenvalue weighted by molar-refractivity contribution is -0.138. The Balaban J connectivity index is 2.25. The topological polar surface area (TPSA) is 67.8 Å². The van der Waals surface area contributed by atoms with Crippen LogP contribution in [0.2, 0.25) is 0 Å². The van der Waals surface area contributed by atoms with Gasteiger partial charge >= 0.3 is 5.97 Å². The molecule has 140 valence electrons. The number of carbonyl (C=O) groups is 1. The Hall–Kier alpha value is -2.45. The van der Waals surface area contributed by atoms with Crippen LogP contribution in [0, 0.1) is 29.1 Å². The molecule has 0 aliphatic heterocycles. The van der Waals surface area contributed by atoms with E-state index in [4.69, 9.17) is 14.4 Å². The van der Waals surface area contributed by atoms with Crippen LogP contribution >= 0.6 is 8.96 Å². The van der Waals surface area contributed by atoms with Crippen molar-refractivity contribution in [2.24, 2.45) is 0 Å². The summed E-state index contributed by atoms with van der Waals surface area (Å²) in [7, 11) is -0.579. The molecule has 0 fully saturated rings. The minimum atomic E-state index is -2.30. The van der Waals surface area contributed by atoms with E-state index >= 15 is 0 Å². The van der Waals surface area contributed by atoms with Crippen LogP contribution in [-0.4, -0.2) is 17.1 Å². The molecule has 0 aromatic heterocycles. The van der Waals surface area contributed by atoms with Crippen molar-refractivity contribution in [3.05, 3.63) is 53.4 Å². The summed E-state index contributed by atoms with van der Waals surface area (Å²) in [6, 6.07) is 4.40. The van der Waals surface area contributed by atoms with Gasteiger partial charge in [0.2, 0.25) is 34.8 Å². The third-order valence-corrected chi connectivity index (χ3v) is 3.91. The number of benzene rings is 2. The van der Waals surface area contributed by atoms with Crippen molar-refractivity contribution in [2.45, 2.75) is 13.0 Å². The van der Waals surface area contributed by atoms with Gasteiger partial charge in [0.05, 0.1) is 0 Å². The first kappa shape index (κ1) is 19.9. The summed E-state index contributed by atoms with van der Waals surface area (Å²) in [5, 5.41) is 11.2. The molecule has 11 heteroatoms. The molecule has 0 aliphatic rings. The molecule has 0 amide bonds. The maximum Gasteiger partial charge on any atom is 0.320 e. The number of para-hydroxylation sites is 2. The summed E-state index contributed by atoms with van der Waals surface area (Å²) in [4.78, 5) is 10.7. The smallest absolute Gasteiger partial charge is 0.320 e. The third kappa shape index (κ3) is 4.20. The Morgan fingerprint density at radius 1 is 1.00 bits per heavy atom. The summed E-state index contributed by atoms with van der Waals surface area (Å²) in [6.07, 6.45) is 0. The number of carboxylic acid groups (broad SMARTS) is 1. The first-order valence-corrected chi connectivity index (χ1v) is 7.83. The molecule has 2 rings (SSSR count). The van der Waals surface area contributed by atoms with Crippen LogP contribution in [0.5, 0.6) is 17.2 Å². The second-order valence-corrected chi connectivity index (χ2v) is 5.55. The van der Waals surface area contributed by atoms with Crippen LogP contribution in [0.15, 0.2) is 24.3 Å². The van der Waals surface area contributed by atoms with E-state index in [9.17, 15) is 26.7 Å². The van der Waals surface area contributed by atoms with E-state index in [2.05, 4.69) is 5.09 Å². The number of hydrogen-bond acceptors (Lipinski definition) is 4. The second-order valence-electron chi connectivity index (χ2n) is 4.86. The molecule has 0 saturated carbocycles. The molecule has 0 saturated heterocycles. The van der Waals surface area contributed by atoms with Crippen molar-refractivity contribution >= 4 is 14.9 Å². The van der Waals surface area contributed by atoms with E-state index in [1.54, 1.807) is 0 Å². The van der Waals surface area contributed by atoms with Crippen molar-refractivity contribution < 1.29 is 41.1 Å². The van der Waals surface area contributed by atoms with E-state index in [-0.39, 0.29) is 11.5 Å². The Kier molecular flexibility index (Phi) is 6.33. The number of halogens is 5. The van der Waals surface area contributed by atoms with E-state index in [1.165, 1.54) is 31.2 Å². The first-order chi connectivity index (χ1) is 12.2. The number of carboxylic acids is 1. The Morgan fingerprint density at radius 2 is 1.50 bits per heavy atom. The van der Waals surface area contributed by atoms with Crippen molar-refractivity contribution in [3.63, 3.8) is 0 Å². The molecule has 1 unspecified atom stereocenters. The Morgan fingerprint density at radius 3 is 2.04 bits per heavy atom. The lowest BCUT2D eigenvalue weighted by Gasteiger charge is -2.15. The van der Waals surface area contributed by atoms with Crippen LogP contribution in [-0.2, 0) is 4.79 Å². The van der Waals surface area contributed by atoms with Crippen LogP contribution in [0.1, 0.15) is 6.92 Å². The van der Waals surface area contributed by atoms with Crippen molar-refractivity contribution in [1.82, 2.24) is 5.09 Å². The fraction of sp³-hybridized carbons (Fsp3) is 0.133. The normalized spacial score (nSPS) is 12.4. The van der Waals surface area contributed by atoms with E-state index in [0.717, 1.165) is 0 Å². The molecule has 2 aromatic rings. The SMILES string of the molecule is C[C@H](NPOc1ccccc1Oc1c(F)c(F)c(F)c(F)c1F)C(=O)O. The molecule has 2 N–H and O–H groups in total. The quantitative estimate of drug-likeness (QED) is 0.320. The van der Waals surface area contributed by atoms with Gasteiger partial charge in [-0.2, -0.15) is 8.78 Å². The average Bonchev–Trinajstić information content (AvgIpc) is 2.62. The minimum absolute atomic E-state index is 0.0973. The zero-order chi connectivity index (χ0) is 19.4. The second kappa shape index (κ2) is 8.29. The maximum atomic E-state index is 13.7. The first-order valence-electron chi connectivity index (χ1n) is 6.92. The summed E-state index contributed by atoms with van der Waals surface area (Å²) >= 11 is 0. The zero-order valence-electron chi connectivity index (χ0n) is 12.9. The van der Waals surface area contributed by atoms with Crippen LogP contribution in [0.3, 0.4) is 0 Å². The number of rotatable bonds is 7.